The normalized spacial score (nSPS) is 11.8. The predicted octanol–water partition coefficient (Wildman–Crippen LogP) is 4.48. The fourth-order valence-electron chi connectivity index (χ4n) is 1.57. The molecule has 90 valence electrons. The van der Waals surface area contributed by atoms with E-state index in [4.69, 9.17) is 16.9 Å². The van der Waals surface area contributed by atoms with Crippen molar-refractivity contribution in [3.8, 4) is 6.07 Å². The molecule has 0 aliphatic carbocycles. The molecule has 2 nitrogen and oxygen atoms in total. The quantitative estimate of drug-likeness (QED) is 0.771. The first kappa shape index (κ1) is 12.9. The number of thioether (sulfide) groups is 1. The Morgan fingerprint density at radius 1 is 1.22 bits per heavy atom. The molecule has 0 N–H and O–H groups in total. The maximum Gasteiger partial charge on any atom is 0.115 e. The van der Waals surface area contributed by atoms with Crippen LogP contribution < -0.4 is 0 Å². The lowest BCUT2D eigenvalue weighted by Gasteiger charge is -2.13. The van der Waals surface area contributed by atoms with Gasteiger partial charge in [0.2, 0.25) is 0 Å². The highest BCUT2D eigenvalue weighted by atomic mass is 35.5. The number of halogens is 1. The van der Waals surface area contributed by atoms with Crippen LogP contribution in [-0.2, 0) is 0 Å². The molecule has 2 rings (SSSR count). The van der Waals surface area contributed by atoms with Crippen LogP contribution in [0.1, 0.15) is 17.2 Å². The molecule has 0 aliphatic rings. The number of hydrogen-bond acceptors (Lipinski definition) is 3. The van der Waals surface area contributed by atoms with Gasteiger partial charge < -0.3 is 0 Å². The number of rotatable bonds is 4. The maximum absolute atomic E-state index is 8.93. The number of nitriles is 1. The lowest BCUT2D eigenvalue weighted by Crippen LogP contribution is -1.94. The third-order valence-corrected chi connectivity index (χ3v) is 4.12. The molecule has 0 saturated heterocycles. The number of pyridine rings is 1. The Hall–Kier alpha value is -1.50. The second kappa shape index (κ2) is 6.44. The van der Waals surface area contributed by atoms with Gasteiger partial charge in [-0.2, -0.15) is 5.26 Å². The minimum Gasteiger partial charge on any atom is -0.248 e. The molecule has 0 radical (unpaired) electrons. The van der Waals surface area contributed by atoms with E-state index in [2.05, 4.69) is 11.1 Å². The van der Waals surface area contributed by atoms with Crippen molar-refractivity contribution in [3.05, 3.63) is 59.2 Å². The number of benzene rings is 1. The smallest absolute Gasteiger partial charge is 0.115 e. The molecule has 0 saturated carbocycles. The molecule has 0 spiro atoms. The van der Waals surface area contributed by atoms with E-state index in [9.17, 15) is 0 Å². The molecular weight excluding hydrogens is 264 g/mol. The predicted molar refractivity (Wildman–Crippen MR) is 74.5 cm³/mol. The van der Waals surface area contributed by atoms with Crippen molar-refractivity contribution < 1.29 is 0 Å². The van der Waals surface area contributed by atoms with Crippen LogP contribution in [-0.4, -0.2) is 4.98 Å². The van der Waals surface area contributed by atoms with Gasteiger partial charge in [0.05, 0.1) is 17.5 Å². The van der Waals surface area contributed by atoms with Crippen molar-refractivity contribution in [1.82, 2.24) is 4.98 Å². The average Bonchev–Trinajstić information content (AvgIpc) is 2.42. The Labute approximate surface area is 116 Å². The Bertz CT molecular complexity index is 551. The fourth-order valence-corrected chi connectivity index (χ4v) is 2.85. The third-order valence-electron chi connectivity index (χ3n) is 2.43. The van der Waals surface area contributed by atoms with Crippen molar-refractivity contribution in [1.29, 1.82) is 5.26 Å². The molecule has 1 aromatic carbocycles. The lowest BCUT2D eigenvalue weighted by molar-refractivity contribution is 0.968. The maximum atomic E-state index is 8.93. The van der Waals surface area contributed by atoms with Crippen LogP contribution >= 0.6 is 23.4 Å². The second-order valence-electron chi connectivity index (χ2n) is 3.67. The number of aromatic nitrogens is 1. The van der Waals surface area contributed by atoms with Gasteiger partial charge in [0.25, 0.3) is 0 Å². The van der Waals surface area contributed by atoms with Crippen LogP contribution in [0.25, 0.3) is 0 Å². The monoisotopic (exact) mass is 274 g/mol. The molecule has 0 bridgehead atoms. The van der Waals surface area contributed by atoms with Crippen LogP contribution in [0.2, 0.25) is 5.02 Å². The summed E-state index contributed by atoms with van der Waals surface area (Å²) in [5, 5.41) is 10.4. The van der Waals surface area contributed by atoms with E-state index in [0.717, 1.165) is 10.6 Å². The molecule has 0 aliphatic heterocycles. The Balaban J connectivity index is 2.23. The topological polar surface area (TPSA) is 36.7 Å². The summed E-state index contributed by atoms with van der Waals surface area (Å²) in [4.78, 5) is 4.25. The molecule has 4 heteroatoms. The standard InChI is InChI=1S/C14H11ClN2S/c15-12-7-4-10-17-14(12)18-13(8-9-16)11-5-2-1-3-6-11/h1-7,10,13H,8H2. The zero-order valence-corrected chi connectivity index (χ0v) is 11.2. The summed E-state index contributed by atoms with van der Waals surface area (Å²) < 4.78 is 0. The van der Waals surface area contributed by atoms with Gasteiger partial charge in [-0.05, 0) is 17.7 Å². The highest BCUT2D eigenvalue weighted by Gasteiger charge is 2.15. The molecule has 0 amide bonds. The van der Waals surface area contributed by atoms with E-state index in [0.29, 0.717) is 11.4 Å². The van der Waals surface area contributed by atoms with E-state index in [-0.39, 0.29) is 5.25 Å². The summed E-state index contributed by atoms with van der Waals surface area (Å²) in [6.07, 6.45) is 2.14. The average molecular weight is 275 g/mol. The fraction of sp³-hybridized carbons (Fsp3) is 0.143. The third kappa shape index (κ3) is 3.25. The van der Waals surface area contributed by atoms with E-state index >= 15 is 0 Å². The minimum absolute atomic E-state index is 0.0589. The SMILES string of the molecule is N#CCC(Sc1ncccc1Cl)c1ccccc1. The Morgan fingerprint density at radius 2 is 2.00 bits per heavy atom. The van der Waals surface area contributed by atoms with Crippen molar-refractivity contribution in [2.24, 2.45) is 0 Å². The van der Waals surface area contributed by atoms with Gasteiger partial charge in [0.15, 0.2) is 0 Å². The molecule has 18 heavy (non-hydrogen) atoms. The van der Waals surface area contributed by atoms with Crippen LogP contribution in [0.15, 0.2) is 53.7 Å². The number of hydrogen-bond donors (Lipinski definition) is 0. The van der Waals surface area contributed by atoms with Gasteiger partial charge in [-0.25, -0.2) is 4.98 Å². The summed E-state index contributed by atoms with van der Waals surface area (Å²) >= 11 is 7.62. The van der Waals surface area contributed by atoms with Gasteiger partial charge in [0.1, 0.15) is 5.03 Å². The largest absolute Gasteiger partial charge is 0.248 e. The van der Waals surface area contributed by atoms with Crippen molar-refractivity contribution in [2.75, 3.05) is 0 Å². The van der Waals surface area contributed by atoms with E-state index < -0.39 is 0 Å². The molecular formula is C14H11ClN2S. The molecule has 1 aromatic heterocycles. The highest BCUT2D eigenvalue weighted by Crippen LogP contribution is 2.39. The first-order valence-electron chi connectivity index (χ1n) is 5.50. The summed E-state index contributed by atoms with van der Waals surface area (Å²) in [7, 11) is 0. The molecule has 1 unspecified atom stereocenters. The first-order valence-corrected chi connectivity index (χ1v) is 6.76. The first-order chi connectivity index (χ1) is 8.81. The zero-order valence-electron chi connectivity index (χ0n) is 9.58. The Kier molecular flexibility index (Phi) is 4.63. The summed E-state index contributed by atoms with van der Waals surface area (Å²) in [6.45, 7) is 0. The highest BCUT2D eigenvalue weighted by molar-refractivity contribution is 7.99. The second-order valence-corrected chi connectivity index (χ2v) is 5.27. The molecule has 0 fully saturated rings. The van der Waals surface area contributed by atoms with E-state index in [1.807, 2.05) is 36.4 Å². The van der Waals surface area contributed by atoms with Crippen molar-refractivity contribution >= 4 is 23.4 Å². The van der Waals surface area contributed by atoms with Gasteiger partial charge in [0, 0.05) is 11.4 Å². The van der Waals surface area contributed by atoms with Crippen molar-refractivity contribution in [3.63, 3.8) is 0 Å². The van der Waals surface area contributed by atoms with Crippen molar-refractivity contribution in [2.45, 2.75) is 16.7 Å². The van der Waals surface area contributed by atoms with E-state index in [1.54, 1.807) is 12.3 Å². The van der Waals surface area contributed by atoms with Crippen LogP contribution in [0.5, 0.6) is 0 Å². The van der Waals surface area contributed by atoms with Gasteiger partial charge in [-0.1, -0.05) is 53.7 Å². The van der Waals surface area contributed by atoms with Crippen LogP contribution in [0.3, 0.4) is 0 Å². The zero-order chi connectivity index (χ0) is 12.8. The van der Waals surface area contributed by atoms with Crippen LogP contribution in [0, 0.1) is 11.3 Å². The summed E-state index contributed by atoms with van der Waals surface area (Å²) in [6, 6.07) is 15.8. The summed E-state index contributed by atoms with van der Waals surface area (Å²) in [5.74, 6) is 0. The molecule has 1 heterocycles. The number of nitrogens with zero attached hydrogens (tertiary/aromatic N) is 2. The van der Waals surface area contributed by atoms with E-state index in [1.165, 1.54) is 11.8 Å². The minimum atomic E-state index is 0.0589. The lowest BCUT2D eigenvalue weighted by atomic mass is 10.1. The van der Waals surface area contributed by atoms with Gasteiger partial charge in [-0.15, -0.1) is 0 Å². The summed E-state index contributed by atoms with van der Waals surface area (Å²) in [5.41, 5.74) is 1.12. The molecule has 2 aromatic rings. The Morgan fingerprint density at radius 3 is 2.67 bits per heavy atom. The van der Waals surface area contributed by atoms with Crippen LogP contribution in [0.4, 0.5) is 0 Å². The van der Waals surface area contributed by atoms with Gasteiger partial charge in [-0.3, -0.25) is 0 Å². The van der Waals surface area contributed by atoms with Gasteiger partial charge >= 0.3 is 0 Å². The molecule has 1 atom stereocenters.